The molecule has 4 saturated carbocycles. The van der Waals surface area contributed by atoms with Gasteiger partial charge in [0.2, 0.25) is 0 Å². The molecule has 2 nitrogen and oxygen atoms in total. The van der Waals surface area contributed by atoms with Crippen LogP contribution in [-0.4, -0.2) is 21.4 Å². The molecule has 0 saturated heterocycles. The Balaban J connectivity index is 1.71. The van der Waals surface area contributed by atoms with Crippen LogP contribution >= 0.6 is 0 Å². The molecule has 0 aliphatic heterocycles. The quantitative estimate of drug-likeness (QED) is 0.721. The third-order valence-corrected chi connectivity index (χ3v) is 6.69. The highest BCUT2D eigenvalue weighted by Gasteiger charge is 2.62. The first-order valence-corrected chi connectivity index (χ1v) is 8.83. The van der Waals surface area contributed by atoms with E-state index in [0.717, 1.165) is 44.9 Å². The standard InChI is InChI=1S/C18H32O2/c1-3-4-5-6-7-16(2,19)17-9-14-8-15(10-17)12-18(20,11-14)13-17/h14-15,19-20H,3-13H2,1-2H3. The molecule has 3 unspecified atom stereocenters. The minimum atomic E-state index is -0.577. The Bertz CT molecular complexity index is 346. The minimum Gasteiger partial charge on any atom is -0.390 e. The molecule has 3 atom stereocenters. The van der Waals surface area contributed by atoms with Gasteiger partial charge in [0.25, 0.3) is 0 Å². The molecule has 0 amide bonds. The summed E-state index contributed by atoms with van der Waals surface area (Å²) in [5.74, 6) is 1.34. The van der Waals surface area contributed by atoms with Gasteiger partial charge >= 0.3 is 0 Å². The van der Waals surface area contributed by atoms with Gasteiger partial charge in [0, 0.05) is 5.41 Å². The van der Waals surface area contributed by atoms with Crippen LogP contribution in [0, 0.1) is 17.3 Å². The fraction of sp³-hybridized carbons (Fsp3) is 1.00. The van der Waals surface area contributed by atoms with Crippen LogP contribution in [0.15, 0.2) is 0 Å². The lowest BCUT2D eigenvalue weighted by molar-refractivity contribution is -0.226. The summed E-state index contributed by atoms with van der Waals surface area (Å²) in [6.45, 7) is 4.29. The average molecular weight is 280 g/mol. The third-order valence-electron chi connectivity index (χ3n) is 6.69. The van der Waals surface area contributed by atoms with Crippen molar-refractivity contribution in [2.45, 2.75) is 95.7 Å². The Hall–Kier alpha value is -0.0800. The van der Waals surface area contributed by atoms with Crippen molar-refractivity contribution in [2.75, 3.05) is 0 Å². The molecule has 2 heteroatoms. The molecule has 4 aliphatic carbocycles. The molecular formula is C18H32O2. The van der Waals surface area contributed by atoms with E-state index in [1.807, 2.05) is 0 Å². The highest BCUT2D eigenvalue weighted by molar-refractivity contribution is 5.13. The predicted octanol–water partition coefficient (Wildman–Crippen LogP) is 4.04. The first kappa shape index (κ1) is 14.8. The summed E-state index contributed by atoms with van der Waals surface area (Å²) in [7, 11) is 0. The second-order valence-corrected chi connectivity index (χ2v) is 8.55. The normalized spacial score (nSPS) is 45.6. The van der Waals surface area contributed by atoms with Gasteiger partial charge in [-0.05, 0) is 63.7 Å². The zero-order valence-corrected chi connectivity index (χ0v) is 13.3. The highest BCUT2D eigenvalue weighted by Crippen LogP contribution is 2.65. The van der Waals surface area contributed by atoms with E-state index in [-0.39, 0.29) is 5.41 Å². The Labute approximate surface area is 124 Å². The minimum absolute atomic E-state index is 0.0120. The van der Waals surface area contributed by atoms with Gasteiger partial charge < -0.3 is 10.2 Å². The smallest absolute Gasteiger partial charge is 0.0677 e. The molecule has 4 aliphatic rings. The van der Waals surface area contributed by atoms with E-state index in [1.54, 1.807) is 0 Å². The first-order chi connectivity index (χ1) is 9.38. The van der Waals surface area contributed by atoms with Gasteiger partial charge in [-0.25, -0.2) is 0 Å². The second-order valence-electron chi connectivity index (χ2n) is 8.55. The highest BCUT2D eigenvalue weighted by atomic mass is 16.3. The fourth-order valence-electron chi connectivity index (χ4n) is 6.01. The maximum Gasteiger partial charge on any atom is 0.0677 e. The Kier molecular flexibility index (Phi) is 3.70. The van der Waals surface area contributed by atoms with Gasteiger partial charge in [0.15, 0.2) is 0 Å². The summed E-state index contributed by atoms with van der Waals surface area (Å²) in [5.41, 5.74) is -1.01. The molecule has 0 spiro atoms. The molecule has 0 aromatic rings. The number of hydrogen-bond donors (Lipinski definition) is 2. The van der Waals surface area contributed by atoms with E-state index in [4.69, 9.17) is 0 Å². The summed E-state index contributed by atoms with van der Waals surface area (Å²) >= 11 is 0. The second kappa shape index (κ2) is 4.98. The summed E-state index contributed by atoms with van der Waals surface area (Å²) in [4.78, 5) is 0. The largest absolute Gasteiger partial charge is 0.390 e. The van der Waals surface area contributed by atoms with Crippen molar-refractivity contribution in [3.8, 4) is 0 Å². The summed E-state index contributed by atoms with van der Waals surface area (Å²) in [5, 5.41) is 22.0. The van der Waals surface area contributed by atoms with Crippen molar-refractivity contribution in [1.82, 2.24) is 0 Å². The molecule has 4 fully saturated rings. The lowest BCUT2D eigenvalue weighted by Gasteiger charge is -2.64. The van der Waals surface area contributed by atoms with E-state index in [2.05, 4.69) is 13.8 Å². The van der Waals surface area contributed by atoms with E-state index < -0.39 is 11.2 Å². The van der Waals surface area contributed by atoms with Crippen molar-refractivity contribution >= 4 is 0 Å². The molecule has 0 aromatic carbocycles. The molecule has 0 aromatic heterocycles. The van der Waals surface area contributed by atoms with Gasteiger partial charge in [-0.2, -0.15) is 0 Å². The van der Waals surface area contributed by atoms with Crippen LogP contribution in [0.4, 0.5) is 0 Å². The molecule has 116 valence electrons. The van der Waals surface area contributed by atoms with Gasteiger partial charge in [0.05, 0.1) is 11.2 Å². The number of hydrogen-bond acceptors (Lipinski definition) is 2. The van der Waals surface area contributed by atoms with Crippen LogP contribution in [0.2, 0.25) is 0 Å². The molecule has 4 rings (SSSR count). The molecule has 2 N–H and O–H groups in total. The fourth-order valence-corrected chi connectivity index (χ4v) is 6.01. The maximum absolute atomic E-state index is 11.2. The third kappa shape index (κ3) is 2.43. The van der Waals surface area contributed by atoms with Crippen LogP contribution in [-0.2, 0) is 0 Å². The van der Waals surface area contributed by atoms with E-state index in [9.17, 15) is 10.2 Å². The maximum atomic E-state index is 11.2. The van der Waals surface area contributed by atoms with Gasteiger partial charge in [-0.15, -0.1) is 0 Å². The zero-order chi connectivity index (χ0) is 14.4. The Morgan fingerprint density at radius 1 is 1.05 bits per heavy atom. The summed E-state index contributed by atoms with van der Waals surface area (Å²) in [6.07, 6.45) is 12.3. The van der Waals surface area contributed by atoms with E-state index in [1.165, 1.54) is 25.7 Å². The zero-order valence-electron chi connectivity index (χ0n) is 13.3. The van der Waals surface area contributed by atoms with Crippen molar-refractivity contribution in [3.05, 3.63) is 0 Å². The Morgan fingerprint density at radius 2 is 1.70 bits per heavy atom. The van der Waals surface area contributed by atoms with Crippen molar-refractivity contribution < 1.29 is 10.2 Å². The Morgan fingerprint density at radius 3 is 2.25 bits per heavy atom. The summed E-state index contributed by atoms with van der Waals surface area (Å²) in [6, 6.07) is 0. The van der Waals surface area contributed by atoms with Crippen LogP contribution in [0.25, 0.3) is 0 Å². The summed E-state index contributed by atoms with van der Waals surface area (Å²) < 4.78 is 0. The van der Waals surface area contributed by atoms with Gasteiger partial charge in [-0.1, -0.05) is 32.6 Å². The molecular weight excluding hydrogens is 248 g/mol. The van der Waals surface area contributed by atoms with Gasteiger partial charge in [0.1, 0.15) is 0 Å². The van der Waals surface area contributed by atoms with E-state index in [0.29, 0.717) is 11.8 Å². The first-order valence-electron chi connectivity index (χ1n) is 8.83. The monoisotopic (exact) mass is 280 g/mol. The molecule has 0 radical (unpaired) electrons. The number of aliphatic hydroxyl groups is 2. The topological polar surface area (TPSA) is 40.5 Å². The van der Waals surface area contributed by atoms with Crippen molar-refractivity contribution in [1.29, 1.82) is 0 Å². The lowest BCUT2D eigenvalue weighted by Crippen LogP contribution is -2.62. The average Bonchev–Trinajstić information content (AvgIpc) is 2.31. The molecule has 4 bridgehead atoms. The van der Waals surface area contributed by atoms with Crippen LogP contribution in [0.1, 0.15) is 84.5 Å². The number of unbranched alkanes of at least 4 members (excludes halogenated alkanes) is 3. The number of rotatable bonds is 6. The van der Waals surface area contributed by atoms with Crippen molar-refractivity contribution in [3.63, 3.8) is 0 Å². The van der Waals surface area contributed by atoms with Gasteiger partial charge in [-0.3, -0.25) is 0 Å². The lowest BCUT2D eigenvalue weighted by atomic mass is 9.44. The van der Waals surface area contributed by atoms with Crippen LogP contribution in [0.5, 0.6) is 0 Å². The van der Waals surface area contributed by atoms with Crippen LogP contribution < -0.4 is 0 Å². The van der Waals surface area contributed by atoms with Crippen LogP contribution in [0.3, 0.4) is 0 Å². The SMILES string of the molecule is CCCCCCC(C)(O)C12CC3CC(CC(O)(C3)C1)C2. The van der Waals surface area contributed by atoms with Crippen molar-refractivity contribution in [2.24, 2.45) is 17.3 Å². The molecule has 0 heterocycles. The van der Waals surface area contributed by atoms with E-state index >= 15 is 0 Å². The molecule has 20 heavy (non-hydrogen) atoms. The predicted molar refractivity (Wildman–Crippen MR) is 81.4 cm³/mol.